The molecule has 0 aromatic carbocycles. The van der Waals surface area contributed by atoms with Gasteiger partial charge in [-0.2, -0.15) is 0 Å². The van der Waals surface area contributed by atoms with Crippen molar-refractivity contribution in [3.63, 3.8) is 0 Å². The second kappa shape index (κ2) is 12.1. The van der Waals surface area contributed by atoms with Crippen LogP contribution in [0, 0.1) is 0 Å². The molecular formula is C27H29N5O6S. The number of aromatic nitrogens is 3. The molecule has 0 saturated carbocycles. The predicted molar refractivity (Wildman–Crippen MR) is 146 cm³/mol. The summed E-state index contributed by atoms with van der Waals surface area (Å²) in [5, 5.41) is 25.2. The Morgan fingerprint density at radius 2 is 2.15 bits per heavy atom. The zero-order valence-corrected chi connectivity index (χ0v) is 22.1. The Morgan fingerprint density at radius 3 is 2.97 bits per heavy atom. The van der Waals surface area contributed by atoms with Crippen molar-refractivity contribution in [3.8, 4) is 5.88 Å². The highest BCUT2D eigenvalue weighted by atomic mass is 32.2. The molecule has 3 aromatic rings. The molecule has 2 aliphatic heterocycles. The van der Waals surface area contributed by atoms with E-state index in [4.69, 9.17) is 9.47 Å². The highest BCUT2D eigenvalue weighted by molar-refractivity contribution is 8.00. The lowest BCUT2D eigenvalue weighted by atomic mass is 9.94. The smallest absolute Gasteiger partial charge is 0.270 e. The molecule has 0 aliphatic carbocycles. The number of hydrogen-bond acceptors (Lipinski definition) is 10. The lowest BCUT2D eigenvalue weighted by molar-refractivity contribution is -0.113. The third kappa shape index (κ3) is 6.36. The number of hydrogen-bond donors (Lipinski definition) is 4. The average Bonchev–Trinajstić information content (AvgIpc) is 2.96. The number of amides is 2. The summed E-state index contributed by atoms with van der Waals surface area (Å²) in [5.41, 5.74) is 2.47. The summed E-state index contributed by atoms with van der Waals surface area (Å²) < 4.78 is 11.5. The van der Waals surface area contributed by atoms with Gasteiger partial charge < -0.3 is 30.3 Å². The number of aliphatic hydroxyl groups is 2. The molecular weight excluding hydrogens is 522 g/mol. The summed E-state index contributed by atoms with van der Waals surface area (Å²) in [7, 11) is 1.56. The number of carbonyl (C=O) groups is 2. The fourth-order valence-corrected chi connectivity index (χ4v) is 5.36. The van der Waals surface area contributed by atoms with Gasteiger partial charge in [-0.3, -0.25) is 14.6 Å². The van der Waals surface area contributed by atoms with Crippen LogP contribution in [0.25, 0.3) is 17.1 Å². The van der Waals surface area contributed by atoms with Crippen LogP contribution in [-0.2, 0) is 9.53 Å². The third-order valence-corrected chi connectivity index (χ3v) is 7.64. The van der Waals surface area contributed by atoms with Crippen molar-refractivity contribution >= 4 is 46.5 Å². The maximum absolute atomic E-state index is 13.1. The molecule has 39 heavy (non-hydrogen) atoms. The zero-order chi connectivity index (χ0) is 27.4. The fraction of sp³-hybridized carbons (Fsp3) is 0.370. The highest BCUT2D eigenvalue weighted by Crippen LogP contribution is 2.30. The van der Waals surface area contributed by atoms with E-state index in [1.165, 1.54) is 11.8 Å². The molecule has 11 nitrogen and oxygen atoms in total. The van der Waals surface area contributed by atoms with E-state index in [-0.39, 0.29) is 24.1 Å². The van der Waals surface area contributed by atoms with Crippen molar-refractivity contribution in [1.29, 1.82) is 0 Å². The molecule has 0 radical (unpaired) electrons. The van der Waals surface area contributed by atoms with Crippen LogP contribution < -0.4 is 15.4 Å². The van der Waals surface area contributed by atoms with E-state index in [9.17, 15) is 19.8 Å². The van der Waals surface area contributed by atoms with Gasteiger partial charge in [0.1, 0.15) is 11.5 Å². The van der Waals surface area contributed by atoms with Gasteiger partial charge in [0, 0.05) is 24.2 Å². The van der Waals surface area contributed by atoms with Gasteiger partial charge in [-0.25, -0.2) is 9.97 Å². The van der Waals surface area contributed by atoms with Gasteiger partial charge in [-0.15, -0.1) is 11.8 Å². The molecule has 1 saturated heterocycles. The Bertz CT molecular complexity index is 1400. The molecule has 204 valence electrons. The van der Waals surface area contributed by atoms with Crippen LogP contribution in [-0.4, -0.2) is 80.8 Å². The Balaban J connectivity index is 1.30. The minimum atomic E-state index is -0.993. The van der Waals surface area contributed by atoms with Crippen molar-refractivity contribution in [2.75, 3.05) is 24.8 Å². The monoisotopic (exact) mass is 551 g/mol. The molecule has 2 aliphatic rings. The van der Waals surface area contributed by atoms with Gasteiger partial charge in [0.25, 0.3) is 5.91 Å². The van der Waals surface area contributed by atoms with Crippen molar-refractivity contribution in [2.45, 2.75) is 48.5 Å². The van der Waals surface area contributed by atoms with Crippen molar-refractivity contribution in [2.24, 2.45) is 0 Å². The van der Waals surface area contributed by atoms with Gasteiger partial charge in [0.2, 0.25) is 11.8 Å². The van der Waals surface area contributed by atoms with Gasteiger partial charge in [-0.05, 0) is 37.1 Å². The van der Waals surface area contributed by atoms with Crippen molar-refractivity contribution in [3.05, 3.63) is 53.9 Å². The van der Waals surface area contributed by atoms with Gasteiger partial charge >= 0.3 is 0 Å². The highest BCUT2D eigenvalue weighted by Gasteiger charge is 2.33. The molecule has 3 aromatic heterocycles. The topological polar surface area (TPSA) is 156 Å². The van der Waals surface area contributed by atoms with E-state index in [2.05, 4.69) is 25.6 Å². The number of aliphatic hydroxyl groups excluding tert-OH is 2. The molecule has 4 atom stereocenters. The number of ether oxygens (including phenoxy) is 2. The van der Waals surface area contributed by atoms with E-state index in [0.29, 0.717) is 35.8 Å². The van der Waals surface area contributed by atoms with Crippen LogP contribution in [0.5, 0.6) is 5.88 Å². The van der Waals surface area contributed by atoms with Crippen LogP contribution in [0.4, 0.5) is 5.82 Å². The number of fused-ring (bicyclic) bond motifs is 2. The Morgan fingerprint density at radius 1 is 1.28 bits per heavy atom. The minimum Gasteiger partial charge on any atom is -0.481 e. The lowest BCUT2D eigenvalue weighted by Gasteiger charge is -2.37. The first-order valence-corrected chi connectivity index (χ1v) is 13.6. The minimum absolute atomic E-state index is 0.146. The molecule has 4 N–H and O–H groups in total. The largest absolute Gasteiger partial charge is 0.481 e. The second-order valence-electron chi connectivity index (χ2n) is 9.30. The van der Waals surface area contributed by atoms with Crippen LogP contribution in [0.2, 0.25) is 0 Å². The first-order chi connectivity index (χ1) is 18.9. The Labute approximate surface area is 229 Å². The van der Waals surface area contributed by atoms with E-state index in [0.717, 1.165) is 16.0 Å². The van der Waals surface area contributed by atoms with E-state index < -0.39 is 30.8 Å². The number of nitrogens with zero attached hydrogens (tertiary/aromatic N) is 3. The van der Waals surface area contributed by atoms with E-state index in [1.54, 1.807) is 31.5 Å². The normalized spacial score (nSPS) is 21.8. The lowest BCUT2D eigenvalue weighted by Crippen LogP contribution is -2.50. The Kier molecular flexibility index (Phi) is 8.36. The summed E-state index contributed by atoms with van der Waals surface area (Å²) in [6, 6.07) is 8.44. The molecule has 12 heteroatoms. The number of nitrogens with one attached hydrogen (secondary N) is 2. The summed E-state index contributed by atoms with van der Waals surface area (Å²) >= 11 is 1.37. The summed E-state index contributed by atoms with van der Waals surface area (Å²) in [6.45, 7) is -0.415. The van der Waals surface area contributed by atoms with E-state index >= 15 is 0 Å². The van der Waals surface area contributed by atoms with E-state index in [1.807, 2.05) is 24.3 Å². The molecule has 0 unspecified atom stereocenters. The predicted octanol–water partition coefficient (Wildman–Crippen LogP) is 2.18. The summed E-state index contributed by atoms with van der Waals surface area (Å²) in [4.78, 5) is 38.8. The zero-order valence-electron chi connectivity index (χ0n) is 21.2. The fourth-order valence-electron chi connectivity index (χ4n) is 4.61. The number of anilines is 1. The molecule has 0 spiro atoms. The first kappa shape index (κ1) is 27.0. The third-order valence-electron chi connectivity index (χ3n) is 6.59. The number of pyridine rings is 3. The van der Waals surface area contributed by atoms with Crippen LogP contribution >= 0.6 is 11.8 Å². The van der Waals surface area contributed by atoms with Gasteiger partial charge in [0.05, 0.1) is 59.8 Å². The standard InChI is InChI=1S/C27H29N5O6S/c1-37-24-9-7-19-25(32-24)15(10-11-28-19)2-3-17-4-5-18(21(38-17)12-16(34)13-33)30-27(36)20-6-8-22-26(29-20)31-23(35)14-39-22/h2-3,6-11,16-18,21,33-34H,4-5,12-14H2,1H3,(H,30,36)(H,29,31,35)/t16-,17-,18-,21-/m1/s1. The summed E-state index contributed by atoms with van der Waals surface area (Å²) in [6.07, 6.45) is 5.10. The second-order valence-corrected chi connectivity index (χ2v) is 10.3. The van der Waals surface area contributed by atoms with Gasteiger partial charge in [0.15, 0.2) is 0 Å². The van der Waals surface area contributed by atoms with Crippen LogP contribution in [0.15, 0.2) is 47.5 Å². The quantitative estimate of drug-likeness (QED) is 0.327. The maximum atomic E-state index is 13.1. The number of methoxy groups -OCH3 is 1. The molecule has 0 bridgehead atoms. The van der Waals surface area contributed by atoms with Gasteiger partial charge in [-0.1, -0.05) is 12.2 Å². The number of carbonyl (C=O) groups excluding carboxylic acids is 2. The Hall–Kier alpha value is -3.58. The molecule has 1 fully saturated rings. The first-order valence-electron chi connectivity index (χ1n) is 12.6. The van der Waals surface area contributed by atoms with Crippen LogP contribution in [0.3, 0.4) is 0 Å². The maximum Gasteiger partial charge on any atom is 0.270 e. The average molecular weight is 552 g/mol. The molecule has 5 rings (SSSR count). The van der Waals surface area contributed by atoms with Crippen molar-refractivity contribution < 1.29 is 29.3 Å². The SMILES string of the molecule is COc1ccc2nccc(C=C[C@@H]3CC[C@@H](NC(=O)c4ccc5c(n4)NC(=O)CS5)[C@@H](C[C@@H](O)CO)O3)c2n1. The molecule has 5 heterocycles. The van der Waals surface area contributed by atoms with Crippen LogP contribution in [0.1, 0.15) is 35.3 Å². The number of thioether (sulfide) groups is 1. The molecule has 2 amide bonds. The van der Waals surface area contributed by atoms with Crippen molar-refractivity contribution in [1.82, 2.24) is 20.3 Å². The summed E-state index contributed by atoms with van der Waals surface area (Å²) in [5.74, 6) is 0.607. The number of rotatable bonds is 8.